The standard InChI is InChI=1S/C14H17N3OS/c1-9(14(18)17(3)4)19-13-11-7-5-6-8-12(11)15-10(2)16-13/h5-9H,1-4H3/t9-/m0/s1. The smallest absolute Gasteiger partial charge is 0.235 e. The Hall–Kier alpha value is -1.62. The molecule has 4 nitrogen and oxygen atoms in total. The van der Waals surface area contributed by atoms with Crippen molar-refractivity contribution in [3.8, 4) is 0 Å². The van der Waals surface area contributed by atoms with Crippen molar-refractivity contribution in [1.82, 2.24) is 14.9 Å². The number of benzene rings is 1. The summed E-state index contributed by atoms with van der Waals surface area (Å²) >= 11 is 1.48. The van der Waals surface area contributed by atoms with Crippen molar-refractivity contribution >= 4 is 28.6 Å². The van der Waals surface area contributed by atoms with E-state index in [4.69, 9.17) is 0 Å². The van der Waals surface area contributed by atoms with E-state index in [0.717, 1.165) is 21.8 Å². The largest absolute Gasteiger partial charge is 0.348 e. The molecule has 19 heavy (non-hydrogen) atoms. The van der Waals surface area contributed by atoms with Gasteiger partial charge in [-0.1, -0.05) is 30.0 Å². The van der Waals surface area contributed by atoms with Crippen LogP contribution < -0.4 is 0 Å². The van der Waals surface area contributed by atoms with Crippen molar-refractivity contribution in [3.05, 3.63) is 30.1 Å². The molecule has 0 bridgehead atoms. The van der Waals surface area contributed by atoms with E-state index in [9.17, 15) is 4.79 Å². The van der Waals surface area contributed by atoms with E-state index in [0.29, 0.717) is 0 Å². The van der Waals surface area contributed by atoms with Crippen molar-refractivity contribution in [3.63, 3.8) is 0 Å². The Labute approximate surface area is 117 Å². The molecule has 1 aromatic carbocycles. The van der Waals surface area contributed by atoms with Gasteiger partial charge in [-0.3, -0.25) is 4.79 Å². The summed E-state index contributed by atoms with van der Waals surface area (Å²) in [5.41, 5.74) is 0.919. The van der Waals surface area contributed by atoms with Gasteiger partial charge in [-0.2, -0.15) is 0 Å². The van der Waals surface area contributed by atoms with E-state index in [2.05, 4.69) is 9.97 Å². The number of amides is 1. The van der Waals surface area contributed by atoms with Crippen molar-refractivity contribution in [2.75, 3.05) is 14.1 Å². The van der Waals surface area contributed by atoms with E-state index < -0.39 is 0 Å². The van der Waals surface area contributed by atoms with Gasteiger partial charge in [0.15, 0.2) is 0 Å². The Morgan fingerprint density at radius 3 is 2.63 bits per heavy atom. The first-order valence-corrected chi connectivity index (χ1v) is 6.98. The summed E-state index contributed by atoms with van der Waals surface area (Å²) in [4.78, 5) is 22.4. The van der Waals surface area contributed by atoms with Crippen LogP contribution in [0.15, 0.2) is 29.3 Å². The SMILES string of the molecule is Cc1nc(S[C@@H](C)C(=O)N(C)C)c2ccccc2n1. The lowest BCUT2D eigenvalue weighted by Gasteiger charge is -2.16. The summed E-state index contributed by atoms with van der Waals surface area (Å²) in [7, 11) is 3.53. The summed E-state index contributed by atoms with van der Waals surface area (Å²) in [6.45, 7) is 3.77. The van der Waals surface area contributed by atoms with Gasteiger partial charge < -0.3 is 4.90 Å². The molecule has 0 unspecified atom stereocenters. The van der Waals surface area contributed by atoms with Crippen molar-refractivity contribution in [2.45, 2.75) is 24.1 Å². The monoisotopic (exact) mass is 275 g/mol. The number of carbonyl (C=O) groups excluding carboxylic acids is 1. The van der Waals surface area contributed by atoms with Crippen LogP contribution in [0.2, 0.25) is 0 Å². The predicted molar refractivity (Wildman–Crippen MR) is 78.3 cm³/mol. The van der Waals surface area contributed by atoms with Crippen LogP contribution in [0.1, 0.15) is 12.7 Å². The second kappa shape index (κ2) is 5.57. The van der Waals surface area contributed by atoms with Crippen LogP contribution in [-0.4, -0.2) is 40.1 Å². The van der Waals surface area contributed by atoms with Gasteiger partial charge in [0.25, 0.3) is 0 Å². The lowest BCUT2D eigenvalue weighted by Crippen LogP contribution is -2.29. The summed E-state index contributed by atoms with van der Waals surface area (Å²) in [6, 6.07) is 7.87. The molecule has 0 radical (unpaired) electrons. The Morgan fingerprint density at radius 2 is 1.95 bits per heavy atom. The molecule has 0 aliphatic rings. The van der Waals surface area contributed by atoms with Crippen LogP contribution in [0, 0.1) is 6.92 Å². The minimum atomic E-state index is -0.160. The highest BCUT2D eigenvalue weighted by Crippen LogP contribution is 2.28. The normalized spacial score (nSPS) is 12.4. The van der Waals surface area contributed by atoms with Gasteiger partial charge in [-0.15, -0.1) is 0 Å². The molecule has 2 rings (SSSR count). The molecule has 100 valence electrons. The maximum absolute atomic E-state index is 11.9. The van der Waals surface area contributed by atoms with Gasteiger partial charge in [-0.05, 0) is 19.9 Å². The molecule has 0 aliphatic carbocycles. The molecule has 0 N–H and O–H groups in total. The number of nitrogens with zero attached hydrogens (tertiary/aromatic N) is 3. The molecule has 1 atom stereocenters. The average molecular weight is 275 g/mol. The van der Waals surface area contributed by atoms with Gasteiger partial charge in [-0.25, -0.2) is 9.97 Å². The highest BCUT2D eigenvalue weighted by molar-refractivity contribution is 8.00. The average Bonchev–Trinajstić information content (AvgIpc) is 2.37. The molecule has 0 fully saturated rings. The van der Waals surface area contributed by atoms with Gasteiger partial charge in [0.2, 0.25) is 5.91 Å². The molecule has 0 spiro atoms. The highest BCUT2D eigenvalue weighted by atomic mass is 32.2. The van der Waals surface area contributed by atoms with Crippen molar-refractivity contribution < 1.29 is 4.79 Å². The number of fused-ring (bicyclic) bond motifs is 1. The third-order valence-electron chi connectivity index (χ3n) is 2.76. The summed E-state index contributed by atoms with van der Waals surface area (Å²) < 4.78 is 0. The second-order valence-electron chi connectivity index (χ2n) is 4.59. The second-order valence-corrected chi connectivity index (χ2v) is 5.92. The molecule has 1 aromatic heterocycles. The molecule has 0 saturated heterocycles. The zero-order valence-corrected chi connectivity index (χ0v) is 12.4. The molecular weight excluding hydrogens is 258 g/mol. The number of aryl methyl sites for hydroxylation is 1. The van der Waals surface area contributed by atoms with E-state index in [1.165, 1.54) is 11.8 Å². The Balaban J connectivity index is 2.37. The Bertz CT molecular complexity index is 613. The van der Waals surface area contributed by atoms with Gasteiger partial charge in [0.05, 0.1) is 10.8 Å². The number of thioether (sulfide) groups is 1. The number of para-hydroxylation sites is 1. The molecule has 1 amide bonds. The summed E-state index contributed by atoms with van der Waals surface area (Å²) in [5, 5.41) is 1.70. The fraction of sp³-hybridized carbons (Fsp3) is 0.357. The van der Waals surface area contributed by atoms with E-state index >= 15 is 0 Å². The zero-order valence-electron chi connectivity index (χ0n) is 11.5. The molecule has 5 heteroatoms. The predicted octanol–water partition coefficient (Wildman–Crippen LogP) is 2.51. The minimum absolute atomic E-state index is 0.0883. The van der Waals surface area contributed by atoms with E-state index in [-0.39, 0.29) is 11.2 Å². The first kappa shape index (κ1) is 13.8. The third-order valence-corrected chi connectivity index (χ3v) is 3.85. The van der Waals surface area contributed by atoms with Gasteiger partial charge >= 0.3 is 0 Å². The van der Waals surface area contributed by atoms with Gasteiger partial charge in [0, 0.05) is 19.5 Å². The maximum Gasteiger partial charge on any atom is 0.235 e. The molecule has 2 aromatic rings. The fourth-order valence-corrected chi connectivity index (χ4v) is 2.96. The highest BCUT2D eigenvalue weighted by Gasteiger charge is 2.18. The lowest BCUT2D eigenvalue weighted by molar-refractivity contribution is -0.127. The van der Waals surface area contributed by atoms with Crippen LogP contribution in [0.4, 0.5) is 0 Å². The van der Waals surface area contributed by atoms with Gasteiger partial charge in [0.1, 0.15) is 10.9 Å². The number of carbonyl (C=O) groups is 1. The first-order valence-electron chi connectivity index (χ1n) is 6.10. The van der Waals surface area contributed by atoms with E-state index in [1.807, 2.05) is 38.1 Å². The van der Waals surface area contributed by atoms with Crippen molar-refractivity contribution in [1.29, 1.82) is 0 Å². The molecular formula is C14H17N3OS. The van der Waals surface area contributed by atoms with Crippen LogP contribution in [0.5, 0.6) is 0 Å². The topological polar surface area (TPSA) is 46.1 Å². The number of aromatic nitrogens is 2. The molecule has 0 aliphatic heterocycles. The van der Waals surface area contributed by atoms with Crippen LogP contribution in [0.25, 0.3) is 10.9 Å². The number of hydrogen-bond acceptors (Lipinski definition) is 4. The third kappa shape index (κ3) is 3.04. The molecule has 0 saturated carbocycles. The lowest BCUT2D eigenvalue weighted by atomic mass is 10.2. The quantitative estimate of drug-likeness (QED) is 0.638. The minimum Gasteiger partial charge on any atom is -0.348 e. The van der Waals surface area contributed by atoms with Crippen LogP contribution >= 0.6 is 11.8 Å². The fourth-order valence-electron chi connectivity index (χ4n) is 1.83. The Morgan fingerprint density at radius 1 is 1.26 bits per heavy atom. The van der Waals surface area contributed by atoms with E-state index in [1.54, 1.807) is 19.0 Å². The summed E-state index contributed by atoms with van der Waals surface area (Å²) in [6.07, 6.45) is 0. The number of hydrogen-bond donors (Lipinski definition) is 0. The van der Waals surface area contributed by atoms with Crippen LogP contribution in [0.3, 0.4) is 0 Å². The zero-order chi connectivity index (χ0) is 14.0. The van der Waals surface area contributed by atoms with Crippen molar-refractivity contribution in [2.24, 2.45) is 0 Å². The summed E-state index contributed by atoms with van der Waals surface area (Å²) in [5.74, 6) is 0.816. The maximum atomic E-state index is 11.9. The Kier molecular flexibility index (Phi) is 4.04. The molecule has 1 heterocycles. The first-order chi connectivity index (χ1) is 8.99. The van der Waals surface area contributed by atoms with Crippen LogP contribution in [-0.2, 0) is 4.79 Å². The number of rotatable bonds is 3.